The number of para-hydroxylation sites is 1. The summed E-state index contributed by atoms with van der Waals surface area (Å²) in [7, 11) is 0. The first-order valence-corrected chi connectivity index (χ1v) is 28.0. The largest absolute Gasteiger partial charge is 0.310 e. The fraction of sp³-hybridized carbons (Fsp3) is 0.0263. The van der Waals surface area contributed by atoms with Gasteiger partial charge in [-0.3, -0.25) is 0 Å². The Morgan fingerprint density at radius 2 is 0.684 bits per heavy atom. The van der Waals surface area contributed by atoms with Crippen LogP contribution in [0.3, 0.4) is 0 Å². The van der Waals surface area contributed by atoms with E-state index in [9.17, 15) is 0 Å². The van der Waals surface area contributed by atoms with Crippen LogP contribution < -0.4 is 9.80 Å². The van der Waals surface area contributed by atoms with E-state index in [0.717, 1.165) is 34.1 Å². The fourth-order valence-electron chi connectivity index (χ4n) is 12.6. The average Bonchev–Trinajstić information content (AvgIpc) is 3.95. The van der Waals surface area contributed by atoms with E-state index in [1.807, 2.05) is 11.3 Å². The van der Waals surface area contributed by atoms with Gasteiger partial charge >= 0.3 is 0 Å². The highest BCUT2D eigenvalue weighted by atomic mass is 32.1. The Morgan fingerprint density at radius 3 is 1.34 bits per heavy atom. The molecule has 0 bridgehead atoms. The second-order valence-electron chi connectivity index (χ2n) is 20.9. The van der Waals surface area contributed by atoms with Crippen LogP contribution in [0.2, 0.25) is 0 Å². The molecule has 0 spiro atoms. The van der Waals surface area contributed by atoms with Gasteiger partial charge < -0.3 is 9.80 Å². The van der Waals surface area contributed by atoms with Crippen molar-refractivity contribution >= 4 is 119 Å². The number of hydrogen-bond donors (Lipinski definition) is 0. The van der Waals surface area contributed by atoms with Crippen molar-refractivity contribution in [1.82, 2.24) is 0 Å². The minimum Gasteiger partial charge on any atom is -0.310 e. The summed E-state index contributed by atoms with van der Waals surface area (Å²) in [6, 6.07) is 103. The molecule has 0 atom stereocenters. The van der Waals surface area contributed by atoms with Crippen LogP contribution in [0.15, 0.2) is 279 Å². The highest BCUT2D eigenvalue weighted by Gasteiger charge is 2.21. The molecule has 0 amide bonds. The van der Waals surface area contributed by atoms with E-state index in [1.54, 1.807) is 0 Å². The first kappa shape index (κ1) is 46.5. The Bertz CT molecular complexity index is 4840. The predicted molar refractivity (Wildman–Crippen MR) is 342 cm³/mol. The summed E-state index contributed by atoms with van der Waals surface area (Å²) in [5.74, 6) is 0. The number of fused-ring (bicyclic) bond motifs is 11. The molecule has 0 unspecified atom stereocenters. The van der Waals surface area contributed by atoms with Crippen molar-refractivity contribution in [3.63, 3.8) is 0 Å². The van der Waals surface area contributed by atoms with Crippen molar-refractivity contribution in [3.8, 4) is 33.4 Å². The molecule has 0 aliphatic carbocycles. The Labute approximate surface area is 463 Å². The Kier molecular flexibility index (Phi) is 11.2. The number of benzene rings is 14. The lowest BCUT2D eigenvalue weighted by Crippen LogP contribution is -2.11. The number of anilines is 6. The number of aryl methyl sites for hydroxylation is 2. The summed E-state index contributed by atoms with van der Waals surface area (Å²) < 4.78 is 2.65. The zero-order chi connectivity index (χ0) is 52.6. The van der Waals surface area contributed by atoms with Crippen molar-refractivity contribution in [2.24, 2.45) is 0 Å². The van der Waals surface area contributed by atoms with Crippen molar-refractivity contribution in [3.05, 3.63) is 290 Å². The van der Waals surface area contributed by atoms with Gasteiger partial charge in [0.15, 0.2) is 0 Å². The third-order valence-electron chi connectivity index (χ3n) is 16.3. The molecule has 0 aliphatic heterocycles. The quantitative estimate of drug-likeness (QED) is 0.133. The van der Waals surface area contributed by atoms with Crippen molar-refractivity contribution < 1.29 is 0 Å². The summed E-state index contributed by atoms with van der Waals surface area (Å²) in [4.78, 5) is 4.83. The van der Waals surface area contributed by atoms with Crippen LogP contribution in [-0.2, 0) is 0 Å². The normalized spacial score (nSPS) is 11.7. The van der Waals surface area contributed by atoms with Crippen LogP contribution in [0.25, 0.3) is 107 Å². The van der Waals surface area contributed by atoms with Crippen molar-refractivity contribution in [1.29, 1.82) is 0 Å². The molecule has 3 heteroatoms. The van der Waals surface area contributed by atoms with E-state index in [2.05, 4.69) is 303 Å². The van der Waals surface area contributed by atoms with Crippen LogP contribution in [-0.4, -0.2) is 0 Å². The number of nitrogens with zero attached hydrogens (tertiary/aromatic N) is 2. The summed E-state index contributed by atoms with van der Waals surface area (Å²) >= 11 is 1.87. The van der Waals surface area contributed by atoms with E-state index in [4.69, 9.17) is 0 Å². The average molecular weight is 1030 g/mol. The smallest absolute Gasteiger partial charge is 0.0540 e. The maximum atomic E-state index is 2.44. The highest BCUT2D eigenvalue weighted by Crippen LogP contribution is 2.46. The summed E-state index contributed by atoms with van der Waals surface area (Å²) in [5.41, 5.74) is 16.4. The van der Waals surface area contributed by atoms with Gasteiger partial charge in [0.2, 0.25) is 0 Å². The summed E-state index contributed by atoms with van der Waals surface area (Å²) in [6.07, 6.45) is 0. The zero-order valence-corrected chi connectivity index (χ0v) is 44.7. The molecule has 0 fully saturated rings. The molecule has 2 nitrogen and oxygen atoms in total. The molecule has 15 rings (SSSR count). The second-order valence-corrected chi connectivity index (χ2v) is 22.0. The van der Waals surface area contributed by atoms with Gasteiger partial charge in [0.25, 0.3) is 0 Å². The lowest BCUT2D eigenvalue weighted by molar-refractivity contribution is 1.27. The van der Waals surface area contributed by atoms with Crippen molar-refractivity contribution in [2.75, 3.05) is 9.80 Å². The monoisotopic (exact) mass is 1020 g/mol. The molecule has 372 valence electrons. The van der Waals surface area contributed by atoms with E-state index >= 15 is 0 Å². The van der Waals surface area contributed by atoms with E-state index in [0.29, 0.717) is 0 Å². The van der Waals surface area contributed by atoms with E-state index < -0.39 is 0 Å². The minimum absolute atomic E-state index is 1.09. The van der Waals surface area contributed by atoms with E-state index in [-0.39, 0.29) is 0 Å². The van der Waals surface area contributed by atoms with E-state index in [1.165, 1.54) is 119 Å². The highest BCUT2D eigenvalue weighted by molar-refractivity contribution is 7.25. The van der Waals surface area contributed by atoms with Crippen molar-refractivity contribution in [2.45, 2.75) is 13.8 Å². The molecule has 0 saturated carbocycles. The van der Waals surface area contributed by atoms with Gasteiger partial charge in [-0.25, -0.2) is 0 Å². The summed E-state index contributed by atoms with van der Waals surface area (Å²) in [5, 5.41) is 15.1. The van der Waals surface area contributed by atoms with Gasteiger partial charge in [-0.15, -0.1) is 11.3 Å². The molecule has 0 N–H and O–H groups in total. The molecule has 0 aliphatic rings. The zero-order valence-electron chi connectivity index (χ0n) is 43.9. The van der Waals surface area contributed by atoms with Gasteiger partial charge in [-0.05, 0) is 192 Å². The van der Waals surface area contributed by atoms with Crippen LogP contribution in [0.5, 0.6) is 0 Å². The fourth-order valence-corrected chi connectivity index (χ4v) is 13.6. The minimum atomic E-state index is 1.09. The van der Waals surface area contributed by atoms with Crippen LogP contribution in [0, 0.1) is 13.8 Å². The number of rotatable bonds is 9. The second kappa shape index (κ2) is 19.0. The lowest BCUT2D eigenvalue weighted by Gasteiger charge is -2.28. The number of thiophene rings is 1. The molecule has 14 aromatic carbocycles. The summed E-state index contributed by atoms with van der Waals surface area (Å²) in [6.45, 7) is 4.51. The van der Waals surface area contributed by atoms with Gasteiger partial charge in [-0.1, -0.05) is 194 Å². The predicted octanol–water partition coefficient (Wildman–Crippen LogP) is 22.4. The van der Waals surface area contributed by atoms with Crippen LogP contribution in [0.4, 0.5) is 34.1 Å². The van der Waals surface area contributed by atoms with Gasteiger partial charge in [0.05, 0.1) is 5.69 Å². The standard InChI is InChI=1S/C76H52N2S/c1-49-45-56(36-39-59(49)60-40-37-57(46-50(60)2)78(54-19-4-3-5-20-54)74-29-16-18-51-17-6-7-21-63(51)74)77(58-38-41-70-68-26-11-10-24-66(68)67-25-12-13-27-69(67)72(70)48-58)55-34-31-52(32-35-55)61-42-43-62(65-23-9-8-22-64(61)65)53-33-44-76-73(47-53)71-28-14-15-30-75(71)79-76/h3-48H,1-2H3. The van der Waals surface area contributed by atoms with Gasteiger partial charge in [-0.2, -0.15) is 0 Å². The molecule has 1 aromatic heterocycles. The van der Waals surface area contributed by atoms with Gasteiger partial charge in [0, 0.05) is 54.0 Å². The topological polar surface area (TPSA) is 6.48 Å². The molecule has 15 aromatic rings. The third kappa shape index (κ3) is 7.93. The first-order valence-electron chi connectivity index (χ1n) is 27.2. The SMILES string of the molecule is Cc1cc(N(c2ccc(-c3ccc(-c4ccc5sc6ccccc6c5c4)c4ccccc34)cc2)c2ccc3c4ccccc4c4ccccc4c3c2)ccc1-c1ccc(N(c2ccccc2)c2cccc3ccccc23)cc1C. The van der Waals surface area contributed by atoms with Gasteiger partial charge in [0.1, 0.15) is 0 Å². The third-order valence-corrected chi connectivity index (χ3v) is 17.4. The lowest BCUT2D eigenvalue weighted by atomic mass is 9.91. The Balaban J connectivity index is 0.835. The maximum absolute atomic E-state index is 2.44. The molecule has 1 heterocycles. The molecule has 0 saturated heterocycles. The van der Waals surface area contributed by atoms with Crippen LogP contribution >= 0.6 is 11.3 Å². The number of hydrogen-bond acceptors (Lipinski definition) is 3. The Hall–Kier alpha value is -9.80. The molecule has 0 radical (unpaired) electrons. The molecular formula is C76H52N2S. The van der Waals surface area contributed by atoms with Crippen LogP contribution in [0.1, 0.15) is 11.1 Å². The maximum Gasteiger partial charge on any atom is 0.0540 e. The molecular weight excluding hydrogens is 973 g/mol. The first-order chi connectivity index (χ1) is 39.0. The Morgan fingerprint density at radius 1 is 0.241 bits per heavy atom. The molecule has 79 heavy (non-hydrogen) atoms.